The number of nitrogens with two attached hydrogens (primary N) is 1. The summed E-state index contributed by atoms with van der Waals surface area (Å²) in [5.74, 6) is 0.145. The molecule has 0 bridgehead atoms. The number of halogens is 1. The summed E-state index contributed by atoms with van der Waals surface area (Å²) in [5, 5.41) is 0. The molecule has 0 atom stereocenters. The molecule has 0 aromatic heterocycles. The zero-order valence-corrected chi connectivity index (χ0v) is 11.4. The second kappa shape index (κ2) is 4.96. The van der Waals surface area contributed by atoms with Gasteiger partial charge in [-0.25, -0.2) is 0 Å². The number of nitrogens with zero attached hydrogens (tertiary/aromatic N) is 2. The summed E-state index contributed by atoms with van der Waals surface area (Å²) in [6, 6.07) is 5.86. The maximum atomic E-state index is 11.2. The van der Waals surface area contributed by atoms with Crippen LogP contribution in [0.5, 0.6) is 0 Å². The number of carbonyl (C=O) groups is 1. The van der Waals surface area contributed by atoms with Gasteiger partial charge in [0.1, 0.15) is 0 Å². The average Bonchev–Trinajstić information content (AvgIpc) is 2.32. The number of hydrogen-bond donors (Lipinski definition) is 1. The van der Waals surface area contributed by atoms with Crippen molar-refractivity contribution in [3.63, 3.8) is 0 Å². The van der Waals surface area contributed by atoms with E-state index in [1.165, 1.54) is 0 Å². The molecule has 5 heteroatoms. The van der Waals surface area contributed by atoms with Crippen LogP contribution in [0.15, 0.2) is 22.7 Å². The van der Waals surface area contributed by atoms with Crippen molar-refractivity contribution < 1.29 is 4.79 Å². The van der Waals surface area contributed by atoms with Crippen LogP contribution in [-0.4, -0.2) is 37.0 Å². The van der Waals surface area contributed by atoms with Crippen molar-refractivity contribution in [1.82, 2.24) is 4.90 Å². The van der Waals surface area contributed by atoms with Crippen LogP contribution < -0.4 is 10.6 Å². The van der Waals surface area contributed by atoms with Gasteiger partial charge in [-0.15, -0.1) is 0 Å². The first-order valence-electron chi connectivity index (χ1n) is 5.63. The third kappa shape index (κ3) is 2.72. The predicted molar refractivity (Wildman–Crippen MR) is 73.0 cm³/mol. The lowest BCUT2D eigenvalue weighted by molar-refractivity contribution is -0.129. The number of nitrogen functional groups attached to an aromatic ring is 1. The van der Waals surface area contributed by atoms with Gasteiger partial charge >= 0.3 is 0 Å². The number of anilines is 2. The first-order valence-corrected chi connectivity index (χ1v) is 6.42. The van der Waals surface area contributed by atoms with Gasteiger partial charge in [-0.1, -0.05) is 15.9 Å². The van der Waals surface area contributed by atoms with Crippen LogP contribution in [-0.2, 0) is 4.79 Å². The molecule has 1 heterocycles. The topological polar surface area (TPSA) is 49.6 Å². The maximum absolute atomic E-state index is 11.2. The Kier molecular flexibility index (Phi) is 3.57. The van der Waals surface area contributed by atoms with Crippen LogP contribution >= 0.6 is 15.9 Å². The Bertz CT molecular complexity index is 428. The van der Waals surface area contributed by atoms with Crippen molar-refractivity contribution in [2.75, 3.05) is 36.8 Å². The van der Waals surface area contributed by atoms with Crippen LogP contribution in [0.1, 0.15) is 6.92 Å². The minimum atomic E-state index is 0.145. The summed E-state index contributed by atoms with van der Waals surface area (Å²) >= 11 is 3.45. The lowest BCUT2D eigenvalue weighted by Gasteiger charge is -2.36. The van der Waals surface area contributed by atoms with Crippen LogP contribution in [0.4, 0.5) is 11.4 Å². The van der Waals surface area contributed by atoms with Gasteiger partial charge < -0.3 is 15.5 Å². The van der Waals surface area contributed by atoms with E-state index in [-0.39, 0.29) is 5.91 Å². The highest BCUT2D eigenvalue weighted by Gasteiger charge is 2.20. The molecule has 1 aromatic carbocycles. The van der Waals surface area contributed by atoms with Gasteiger partial charge in [-0.3, -0.25) is 4.79 Å². The fraction of sp³-hybridized carbons (Fsp3) is 0.417. The Labute approximate surface area is 110 Å². The highest BCUT2D eigenvalue weighted by atomic mass is 79.9. The van der Waals surface area contributed by atoms with E-state index in [1.54, 1.807) is 6.92 Å². The number of carbonyl (C=O) groups excluding carboxylic acids is 1. The van der Waals surface area contributed by atoms with E-state index in [1.807, 2.05) is 23.1 Å². The van der Waals surface area contributed by atoms with Crippen LogP contribution in [0, 0.1) is 0 Å². The molecule has 2 rings (SSSR count). The zero-order valence-electron chi connectivity index (χ0n) is 9.82. The number of hydrogen-bond acceptors (Lipinski definition) is 3. The molecule has 2 N–H and O–H groups in total. The van der Waals surface area contributed by atoms with E-state index in [4.69, 9.17) is 5.73 Å². The SMILES string of the molecule is CC(=O)N1CCN(c2cc(Br)ccc2N)CC1. The molecular weight excluding hydrogens is 282 g/mol. The molecule has 1 saturated heterocycles. The molecule has 1 aromatic rings. The van der Waals surface area contributed by atoms with Crippen molar-refractivity contribution in [2.24, 2.45) is 0 Å². The second-order valence-electron chi connectivity index (χ2n) is 4.20. The van der Waals surface area contributed by atoms with Crippen molar-refractivity contribution in [3.05, 3.63) is 22.7 Å². The van der Waals surface area contributed by atoms with Gasteiger partial charge in [0.2, 0.25) is 5.91 Å². The zero-order chi connectivity index (χ0) is 12.4. The normalized spacial score (nSPS) is 16.1. The van der Waals surface area contributed by atoms with Gasteiger partial charge in [0.05, 0.1) is 11.4 Å². The molecule has 1 amide bonds. The summed E-state index contributed by atoms with van der Waals surface area (Å²) in [5.41, 5.74) is 7.80. The van der Waals surface area contributed by atoms with Crippen molar-refractivity contribution in [2.45, 2.75) is 6.92 Å². The summed E-state index contributed by atoms with van der Waals surface area (Å²) in [7, 11) is 0. The van der Waals surface area contributed by atoms with E-state index in [2.05, 4.69) is 20.8 Å². The highest BCUT2D eigenvalue weighted by molar-refractivity contribution is 9.10. The summed E-state index contributed by atoms with van der Waals surface area (Å²) < 4.78 is 1.02. The molecule has 1 aliphatic heterocycles. The summed E-state index contributed by atoms with van der Waals surface area (Å²) in [4.78, 5) is 15.3. The smallest absolute Gasteiger partial charge is 0.219 e. The molecule has 0 saturated carbocycles. The third-order valence-corrected chi connectivity index (χ3v) is 3.55. The Balaban J connectivity index is 2.10. The summed E-state index contributed by atoms with van der Waals surface area (Å²) in [6.07, 6.45) is 0. The Morgan fingerprint density at radius 1 is 1.29 bits per heavy atom. The van der Waals surface area contributed by atoms with Crippen LogP contribution in [0.3, 0.4) is 0 Å². The van der Waals surface area contributed by atoms with Crippen molar-refractivity contribution in [3.8, 4) is 0 Å². The number of amides is 1. The Hall–Kier alpha value is -1.23. The number of rotatable bonds is 1. The van der Waals surface area contributed by atoms with E-state index >= 15 is 0 Å². The van der Waals surface area contributed by atoms with Crippen LogP contribution in [0.2, 0.25) is 0 Å². The van der Waals surface area contributed by atoms with Gasteiger partial charge in [0, 0.05) is 37.6 Å². The summed E-state index contributed by atoms with van der Waals surface area (Å²) in [6.45, 7) is 4.81. The second-order valence-corrected chi connectivity index (χ2v) is 5.11. The Morgan fingerprint density at radius 2 is 1.94 bits per heavy atom. The van der Waals surface area contributed by atoms with E-state index in [0.29, 0.717) is 0 Å². The molecule has 0 aliphatic carbocycles. The van der Waals surface area contributed by atoms with Gasteiger partial charge in [-0.2, -0.15) is 0 Å². The number of benzene rings is 1. The van der Waals surface area contributed by atoms with E-state index < -0.39 is 0 Å². The van der Waals surface area contributed by atoms with E-state index in [0.717, 1.165) is 42.0 Å². The molecular formula is C12H16BrN3O. The molecule has 1 fully saturated rings. The van der Waals surface area contributed by atoms with Crippen molar-refractivity contribution >= 4 is 33.2 Å². The van der Waals surface area contributed by atoms with E-state index in [9.17, 15) is 4.79 Å². The monoisotopic (exact) mass is 297 g/mol. The largest absolute Gasteiger partial charge is 0.397 e. The van der Waals surface area contributed by atoms with Crippen LogP contribution in [0.25, 0.3) is 0 Å². The van der Waals surface area contributed by atoms with Gasteiger partial charge in [-0.05, 0) is 18.2 Å². The fourth-order valence-electron chi connectivity index (χ4n) is 2.05. The quantitative estimate of drug-likeness (QED) is 0.803. The lowest BCUT2D eigenvalue weighted by atomic mass is 10.2. The predicted octanol–water partition coefficient (Wildman–Crippen LogP) is 1.70. The third-order valence-electron chi connectivity index (χ3n) is 3.06. The first-order chi connectivity index (χ1) is 8.08. The van der Waals surface area contributed by atoms with Gasteiger partial charge in [0.25, 0.3) is 0 Å². The van der Waals surface area contributed by atoms with Crippen molar-refractivity contribution in [1.29, 1.82) is 0 Å². The number of piperazine rings is 1. The average molecular weight is 298 g/mol. The minimum Gasteiger partial charge on any atom is -0.397 e. The standard InChI is InChI=1S/C12H16BrN3O/c1-9(17)15-4-6-16(7-5-15)12-8-10(13)2-3-11(12)14/h2-3,8H,4-7,14H2,1H3. The minimum absolute atomic E-state index is 0.145. The fourth-order valence-corrected chi connectivity index (χ4v) is 2.40. The maximum Gasteiger partial charge on any atom is 0.219 e. The first kappa shape index (κ1) is 12.2. The molecule has 0 radical (unpaired) electrons. The molecule has 92 valence electrons. The molecule has 1 aliphatic rings. The molecule has 4 nitrogen and oxygen atoms in total. The highest BCUT2D eigenvalue weighted by Crippen LogP contribution is 2.27. The molecule has 17 heavy (non-hydrogen) atoms. The lowest BCUT2D eigenvalue weighted by Crippen LogP contribution is -2.48. The Morgan fingerprint density at radius 3 is 2.53 bits per heavy atom. The molecule has 0 unspecified atom stereocenters. The van der Waals surface area contributed by atoms with Gasteiger partial charge in [0.15, 0.2) is 0 Å². The molecule has 0 spiro atoms.